The topological polar surface area (TPSA) is 64.1 Å². The molecule has 0 radical (unpaired) electrons. The molecule has 3 aromatic rings. The van der Waals surface area contributed by atoms with Gasteiger partial charge in [-0.05, 0) is 50.6 Å². The number of benzene rings is 1. The summed E-state index contributed by atoms with van der Waals surface area (Å²) in [5.41, 5.74) is 2.85. The van der Waals surface area contributed by atoms with Gasteiger partial charge in [0.05, 0.1) is 23.6 Å². The van der Waals surface area contributed by atoms with Crippen LogP contribution in [0.3, 0.4) is 0 Å². The predicted octanol–water partition coefficient (Wildman–Crippen LogP) is 4.44. The van der Waals surface area contributed by atoms with Crippen LogP contribution in [0, 0.1) is 13.8 Å². The highest BCUT2D eigenvalue weighted by Crippen LogP contribution is 2.27. The second kappa shape index (κ2) is 7.84. The summed E-state index contributed by atoms with van der Waals surface area (Å²) in [5.74, 6) is 1.07. The minimum atomic E-state index is -0.0765. The van der Waals surface area contributed by atoms with E-state index in [0.717, 1.165) is 32.9 Å². The molecule has 1 amide bonds. The SMILES string of the molecule is CCOc1ccc2nc(SCC(=O)Nc3nc(C)cs3)c(C)cc2c1. The van der Waals surface area contributed by atoms with Gasteiger partial charge in [0.15, 0.2) is 5.13 Å². The first kappa shape index (κ1) is 17.7. The summed E-state index contributed by atoms with van der Waals surface area (Å²) in [6.07, 6.45) is 0. The van der Waals surface area contributed by atoms with Crippen LogP contribution in [-0.4, -0.2) is 28.2 Å². The lowest BCUT2D eigenvalue weighted by atomic mass is 10.1. The molecule has 25 heavy (non-hydrogen) atoms. The van der Waals surface area contributed by atoms with Crippen LogP contribution in [-0.2, 0) is 4.79 Å². The minimum absolute atomic E-state index is 0.0765. The Balaban J connectivity index is 1.69. The fraction of sp³-hybridized carbons (Fsp3) is 0.278. The van der Waals surface area contributed by atoms with E-state index in [1.165, 1.54) is 23.1 Å². The monoisotopic (exact) mass is 373 g/mol. The van der Waals surface area contributed by atoms with Crippen molar-refractivity contribution in [3.63, 3.8) is 0 Å². The molecule has 3 rings (SSSR count). The number of aryl methyl sites for hydroxylation is 2. The summed E-state index contributed by atoms with van der Waals surface area (Å²) in [7, 11) is 0. The van der Waals surface area contributed by atoms with Crippen molar-refractivity contribution in [2.24, 2.45) is 0 Å². The van der Waals surface area contributed by atoms with Gasteiger partial charge in [0.1, 0.15) is 10.8 Å². The van der Waals surface area contributed by atoms with Crippen molar-refractivity contribution < 1.29 is 9.53 Å². The lowest BCUT2D eigenvalue weighted by Gasteiger charge is -2.09. The number of amides is 1. The lowest BCUT2D eigenvalue weighted by molar-refractivity contribution is -0.113. The van der Waals surface area contributed by atoms with Crippen molar-refractivity contribution in [1.29, 1.82) is 0 Å². The fourth-order valence-electron chi connectivity index (χ4n) is 2.35. The molecular formula is C18H19N3O2S2. The molecule has 0 aliphatic rings. The standard InChI is InChI=1S/C18H19N3O2S2/c1-4-23-14-5-6-15-13(8-14)7-11(2)17(20-15)24-10-16(22)21-18-19-12(3)9-25-18/h5-9H,4,10H2,1-3H3,(H,19,21,22). The van der Waals surface area contributed by atoms with E-state index in [1.54, 1.807) is 0 Å². The Morgan fingerprint density at radius 2 is 2.12 bits per heavy atom. The molecule has 0 bridgehead atoms. The third-order valence-corrected chi connectivity index (χ3v) is 5.42. The zero-order chi connectivity index (χ0) is 17.8. The van der Waals surface area contributed by atoms with Crippen LogP contribution in [0.4, 0.5) is 5.13 Å². The number of carbonyl (C=O) groups is 1. The number of fused-ring (bicyclic) bond motifs is 1. The van der Waals surface area contributed by atoms with Crippen molar-refractivity contribution >= 4 is 45.0 Å². The Hall–Kier alpha value is -2.12. The zero-order valence-corrected chi connectivity index (χ0v) is 16.0. The molecule has 0 spiro atoms. The van der Waals surface area contributed by atoms with E-state index in [2.05, 4.69) is 21.4 Å². The van der Waals surface area contributed by atoms with E-state index in [-0.39, 0.29) is 5.91 Å². The predicted molar refractivity (Wildman–Crippen MR) is 104 cm³/mol. The largest absolute Gasteiger partial charge is 0.494 e. The first-order valence-corrected chi connectivity index (χ1v) is 9.80. The van der Waals surface area contributed by atoms with Gasteiger partial charge in [-0.3, -0.25) is 4.79 Å². The molecular weight excluding hydrogens is 354 g/mol. The Morgan fingerprint density at radius 3 is 2.84 bits per heavy atom. The summed E-state index contributed by atoms with van der Waals surface area (Å²) in [6.45, 7) is 6.51. The van der Waals surface area contributed by atoms with Crippen LogP contribution >= 0.6 is 23.1 Å². The van der Waals surface area contributed by atoms with Gasteiger partial charge in [0.2, 0.25) is 5.91 Å². The second-order valence-electron chi connectivity index (χ2n) is 5.53. The highest BCUT2D eigenvalue weighted by atomic mass is 32.2. The van der Waals surface area contributed by atoms with Gasteiger partial charge in [-0.25, -0.2) is 9.97 Å². The van der Waals surface area contributed by atoms with E-state index in [1.807, 2.05) is 44.4 Å². The zero-order valence-electron chi connectivity index (χ0n) is 14.3. The van der Waals surface area contributed by atoms with E-state index in [0.29, 0.717) is 17.5 Å². The van der Waals surface area contributed by atoms with Crippen molar-refractivity contribution in [2.75, 3.05) is 17.7 Å². The molecule has 0 atom stereocenters. The maximum Gasteiger partial charge on any atom is 0.236 e. The van der Waals surface area contributed by atoms with Gasteiger partial charge < -0.3 is 10.1 Å². The molecule has 0 aliphatic carbocycles. The molecule has 130 valence electrons. The normalized spacial score (nSPS) is 10.8. The summed E-state index contributed by atoms with van der Waals surface area (Å²) >= 11 is 2.86. The number of pyridine rings is 1. The van der Waals surface area contributed by atoms with Gasteiger partial charge in [-0.1, -0.05) is 11.8 Å². The number of ether oxygens (including phenoxy) is 1. The number of rotatable bonds is 6. The van der Waals surface area contributed by atoms with Gasteiger partial charge in [-0.2, -0.15) is 0 Å². The van der Waals surface area contributed by atoms with Crippen molar-refractivity contribution in [3.8, 4) is 5.75 Å². The average Bonchev–Trinajstić information content (AvgIpc) is 2.98. The van der Waals surface area contributed by atoms with Crippen LogP contribution < -0.4 is 10.1 Å². The van der Waals surface area contributed by atoms with Crippen LogP contribution in [0.1, 0.15) is 18.2 Å². The molecule has 0 saturated carbocycles. The molecule has 5 nitrogen and oxygen atoms in total. The van der Waals surface area contributed by atoms with E-state index < -0.39 is 0 Å². The average molecular weight is 374 g/mol. The number of nitrogens with one attached hydrogen (secondary N) is 1. The quantitative estimate of drug-likeness (QED) is 0.647. The number of thiazole rings is 1. The molecule has 0 aliphatic heterocycles. The molecule has 2 heterocycles. The Morgan fingerprint density at radius 1 is 1.28 bits per heavy atom. The molecule has 0 unspecified atom stereocenters. The number of hydrogen-bond acceptors (Lipinski definition) is 6. The fourth-order valence-corrected chi connectivity index (χ4v) is 3.84. The summed E-state index contributed by atoms with van der Waals surface area (Å²) in [4.78, 5) is 21.0. The molecule has 1 aromatic carbocycles. The maximum atomic E-state index is 12.1. The van der Waals surface area contributed by atoms with Crippen molar-refractivity contribution in [1.82, 2.24) is 9.97 Å². The molecule has 2 aromatic heterocycles. The number of anilines is 1. The minimum Gasteiger partial charge on any atom is -0.494 e. The van der Waals surface area contributed by atoms with Gasteiger partial charge in [-0.15, -0.1) is 11.3 Å². The van der Waals surface area contributed by atoms with Crippen LogP contribution in [0.2, 0.25) is 0 Å². The van der Waals surface area contributed by atoms with E-state index in [9.17, 15) is 4.79 Å². The highest BCUT2D eigenvalue weighted by Gasteiger charge is 2.10. The van der Waals surface area contributed by atoms with E-state index >= 15 is 0 Å². The van der Waals surface area contributed by atoms with Gasteiger partial charge in [0, 0.05) is 10.8 Å². The number of carbonyl (C=O) groups excluding carboxylic acids is 1. The van der Waals surface area contributed by atoms with Crippen molar-refractivity contribution in [3.05, 3.63) is 40.9 Å². The third-order valence-electron chi connectivity index (χ3n) is 3.45. The van der Waals surface area contributed by atoms with Crippen molar-refractivity contribution in [2.45, 2.75) is 25.8 Å². The molecule has 7 heteroatoms. The summed E-state index contributed by atoms with van der Waals surface area (Å²) < 4.78 is 5.53. The van der Waals surface area contributed by atoms with Crippen LogP contribution in [0.5, 0.6) is 5.75 Å². The Bertz CT molecular complexity index is 908. The number of aromatic nitrogens is 2. The van der Waals surface area contributed by atoms with E-state index in [4.69, 9.17) is 4.74 Å². The second-order valence-corrected chi connectivity index (χ2v) is 7.35. The molecule has 1 N–H and O–H groups in total. The van der Waals surface area contributed by atoms with Crippen LogP contribution in [0.15, 0.2) is 34.7 Å². The Kier molecular flexibility index (Phi) is 5.55. The first-order chi connectivity index (χ1) is 12.0. The summed E-state index contributed by atoms with van der Waals surface area (Å²) in [6, 6.07) is 7.93. The number of thioether (sulfide) groups is 1. The number of hydrogen-bond donors (Lipinski definition) is 1. The highest BCUT2D eigenvalue weighted by molar-refractivity contribution is 8.00. The van der Waals surface area contributed by atoms with Gasteiger partial charge in [0.25, 0.3) is 0 Å². The smallest absolute Gasteiger partial charge is 0.236 e. The van der Waals surface area contributed by atoms with Gasteiger partial charge >= 0.3 is 0 Å². The van der Waals surface area contributed by atoms with Crippen LogP contribution in [0.25, 0.3) is 10.9 Å². The molecule has 0 fully saturated rings. The lowest BCUT2D eigenvalue weighted by Crippen LogP contribution is -2.14. The third kappa shape index (κ3) is 4.49. The Labute approximate surface area is 154 Å². The maximum absolute atomic E-state index is 12.1. The molecule has 0 saturated heterocycles. The number of nitrogens with zero attached hydrogens (tertiary/aromatic N) is 2. The first-order valence-electron chi connectivity index (χ1n) is 7.94. The summed E-state index contributed by atoms with van der Waals surface area (Å²) in [5, 5.41) is 7.26.